The molecule has 3 aromatic rings. The zero-order valence-electron chi connectivity index (χ0n) is 12.7. The van der Waals surface area contributed by atoms with E-state index >= 15 is 0 Å². The van der Waals surface area contributed by atoms with Crippen LogP contribution in [0, 0.1) is 6.92 Å². The lowest BCUT2D eigenvalue weighted by Crippen LogP contribution is -3.05. The average Bonchev–Trinajstić information content (AvgIpc) is 2.82. The van der Waals surface area contributed by atoms with Crippen molar-refractivity contribution in [1.29, 1.82) is 0 Å². The highest BCUT2D eigenvalue weighted by atomic mass is 16.1. The van der Waals surface area contributed by atoms with Gasteiger partial charge in [-0.3, -0.25) is 9.36 Å². The third-order valence-electron chi connectivity index (χ3n) is 3.88. The molecular formula is C16H21N4O+. The van der Waals surface area contributed by atoms with Crippen molar-refractivity contribution in [2.24, 2.45) is 0 Å². The van der Waals surface area contributed by atoms with E-state index in [1.165, 1.54) is 4.90 Å². The number of aromatic nitrogens is 3. The fourth-order valence-electron chi connectivity index (χ4n) is 2.77. The number of rotatable bonds is 4. The summed E-state index contributed by atoms with van der Waals surface area (Å²) in [4.78, 5) is 21.7. The van der Waals surface area contributed by atoms with Gasteiger partial charge in [0.25, 0.3) is 5.56 Å². The van der Waals surface area contributed by atoms with Crippen molar-refractivity contribution < 1.29 is 4.90 Å². The summed E-state index contributed by atoms with van der Waals surface area (Å²) in [6, 6.07) is 6.03. The lowest BCUT2D eigenvalue weighted by molar-refractivity contribution is -0.858. The zero-order valence-corrected chi connectivity index (χ0v) is 12.7. The van der Waals surface area contributed by atoms with Crippen LogP contribution in [-0.4, -0.2) is 35.2 Å². The van der Waals surface area contributed by atoms with Crippen LogP contribution >= 0.6 is 0 Å². The van der Waals surface area contributed by atoms with Crippen LogP contribution in [0.5, 0.6) is 0 Å². The van der Waals surface area contributed by atoms with Gasteiger partial charge in [-0.2, -0.15) is 0 Å². The third kappa shape index (κ3) is 2.45. The molecule has 0 atom stereocenters. The summed E-state index contributed by atoms with van der Waals surface area (Å²) in [5.41, 5.74) is 3.52. The Morgan fingerprint density at radius 3 is 2.90 bits per heavy atom. The van der Waals surface area contributed by atoms with Crippen molar-refractivity contribution in [2.75, 3.05) is 20.6 Å². The summed E-state index contributed by atoms with van der Waals surface area (Å²) in [5, 5.41) is 1.05. The average molecular weight is 285 g/mol. The van der Waals surface area contributed by atoms with Gasteiger partial charge < -0.3 is 9.88 Å². The van der Waals surface area contributed by atoms with Crippen molar-refractivity contribution in [3.63, 3.8) is 0 Å². The van der Waals surface area contributed by atoms with Gasteiger partial charge >= 0.3 is 0 Å². The molecular weight excluding hydrogens is 264 g/mol. The van der Waals surface area contributed by atoms with Gasteiger partial charge in [-0.05, 0) is 18.6 Å². The highest BCUT2D eigenvalue weighted by Crippen LogP contribution is 2.24. The van der Waals surface area contributed by atoms with Crippen LogP contribution in [0.3, 0.4) is 0 Å². The van der Waals surface area contributed by atoms with Gasteiger partial charge in [0.05, 0.1) is 27.0 Å². The van der Waals surface area contributed by atoms with Crippen LogP contribution in [0.1, 0.15) is 12.0 Å². The quantitative estimate of drug-likeness (QED) is 0.742. The number of aryl methyl sites for hydroxylation is 2. The third-order valence-corrected chi connectivity index (χ3v) is 3.88. The summed E-state index contributed by atoms with van der Waals surface area (Å²) in [7, 11) is 4.23. The van der Waals surface area contributed by atoms with Gasteiger partial charge in [-0.15, -0.1) is 0 Å². The van der Waals surface area contributed by atoms with E-state index in [-0.39, 0.29) is 5.56 Å². The second kappa shape index (κ2) is 5.33. The molecule has 2 aromatic heterocycles. The van der Waals surface area contributed by atoms with Crippen LogP contribution in [-0.2, 0) is 6.54 Å². The van der Waals surface area contributed by atoms with Crippen LogP contribution in [0.4, 0.5) is 0 Å². The number of aromatic amines is 1. The predicted molar refractivity (Wildman–Crippen MR) is 84.9 cm³/mol. The van der Waals surface area contributed by atoms with Crippen molar-refractivity contribution >= 4 is 21.9 Å². The molecule has 0 aliphatic carbocycles. The molecule has 3 rings (SSSR count). The molecule has 1 aromatic carbocycles. The lowest BCUT2D eigenvalue weighted by atomic mass is 10.1. The van der Waals surface area contributed by atoms with E-state index in [1.807, 2.05) is 25.1 Å². The van der Waals surface area contributed by atoms with Gasteiger partial charge in [0.2, 0.25) is 0 Å². The number of fused-ring (bicyclic) bond motifs is 3. The van der Waals surface area contributed by atoms with E-state index in [9.17, 15) is 4.79 Å². The summed E-state index contributed by atoms with van der Waals surface area (Å²) >= 11 is 0. The van der Waals surface area contributed by atoms with Crippen molar-refractivity contribution in [1.82, 2.24) is 14.5 Å². The fourth-order valence-corrected chi connectivity index (χ4v) is 2.77. The molecule has 0 aliphatic rings. The summed E-state index contributed by atoms with van der Waals surface area (Å²) < 4.78 is 1.70. The van der Waals surface area contributed by atoms with Gasteiger partial charge in [0.1, 0.15) is 11.0 Å². The van der Waals surface area contributed by atoms with Crippen LogP contribution < -0.4 is 10.5 Å². The second-order valence-corrected chi connectivity index (χ2v) is 5.90. The first kappa shape index (κ1) is 13.8. The molecule has 0 radical (unpaired) electrons. The Bertz CT molecular complexity index is 844. The molecule has 0 unspecified atom stereocenters. The highest BCUT2D eigenvalue weighted by Gasteiger charge is 2.12. The maximum Gasteiger partial charge on any atom is 0.277 e. The van der Waals surface area contributed by atoms with Crippen molar-refractivity contribution in [3.8, 4) is 0 Å². The molecule has 0 spiro atoms. The van der Waals surface area contributed by atoms with Gasteiger partial charge in [-0.25, -0.2) is 4.98 Å². The maximum absolute atomic E-state index is 12.6. The molecule has 0 amide bonds. The number of benzene rings is 1. The number of hydrogen-bond donors (Lipinski definition) is 2. The molecule has 5 heteroatoms. The minimum Gasteiger partial charge on any atom is -0.349 e. The Labute approximate surface area is 123 Å². The van der Waals surface area contributed by atoms with E-state index in [1.54, 1.807) is 10.9 Å². The second-order valence-electron chi connectivity index (χ2n) is 5.90. The van der Waals surface area contributed by atoms with Crippen molar-refractivity contribution in [2.45, 2.75) is 19.9 Å². The maximum atomic E-state index is 12.6. The Balaban J connectivity index is 2.07. The summed E-state index contributed by atoms with van der Waals surface area (Å²) in [5.74, 6) is 0. The minimum absolute atomic E-state index is 0.0179. The predicted octanol–water partition coefficient (Wildman–Crippen LogP) is 0.721. The van der Waals surface area contributed by atoms with Crippen molar-refractivity contribution in [3.05, 3.63) is 40.4 Å². The van der Waals surface area contributed by atoms with Gasteiger partial charge in [-0.1, -0.05) is 12.1 Å². The largest absolute Gasteiger partial charge is 0.349 e. The molecule has 21 heavy (non-hydrogen) atoms. The fraction of sp³-hybridized carbons (Fsp3) is 0.375. The molecule has 2 N–H and O–H groups in total. The topological polar surface area (TPSA) is 55.1 Å². The minimum atomic E-state index is 0.0179. The number of hydrogen-bond acceptors (Lipinski definition) is 2. The summed E-state index contributed by atoms with van der Waals surface area (Å²) in [6.45, 7) is 3.79. The SMILES string of the molecule is Cc1cccc2[nH]c3c(=O)n(CCC[NH+](C)C)cnc3c12. The van der Waals surface area contributed by atoms with E-state index in [0.717, 1.165) is 34.9 Å². The number of nitrogens with zero attached hydrogens (tertiary/aromatic N) is 2. The van der Waals surface area contributed by atoms with E-state index in [2.05, 4.69) is 24.1 Å². The van der Waals surface area contributed by atoms with Crippen LogP contribution in [0.2, 0.25) is 0 Å². The van der Waals surface area contributed by atoms with Gasteiger partial charge in [0.15, 0.2) is 0 Å². The Hall–Kier alpha value is -2.14. The van der Waals surface area contributed by atoms with Gasteiger partial charge in [0, 0.05) is 23.9 Å². The Kier molecular flexibility index (Phi) is 3.51. The normalized spacial score (nSPS) is 11.8. The van der Waals surface area contributed by atoms with Crippen LogP contribution in [0.25, 0.3) is 21.9 Å². The first-order valence-electron chi connectivity index (χ1n) is 7.33. The summed E-state index contributed by atoms with van der Waals surface area (Å²) in [6.07, 6.45) is 2.64. The monoisotopic (exact) mass is 285 g/mol. The Morgan fingerprint density at radius 2 is 2.14 bits per heavy atom. The molecule has 0 saturated heterocycles. The molecule has 0 saturated carbocycles. The molecule has 2 heterocycles. The lowest BCUT2D eigenvalue weighted by Gasteiger charge is -2.08. The molecule has 0 bridgehead atoms. The molecule has 0 aliphatic heterocycles. The molecule has 5 nitrogen and oxygen atoms in total. The molecule has 110 valence electrons. The van der Waals surface area contributed by atoms with E-state index < -0.39 is 0 Å². The standard InChI is InChI=1S/C16H20N4O/c1-11-6-4-7-12-13(11)14-15(18-12)16(21)20(10-17-14)9-5-8-19(2)3/h4,6-7,10,18H,5,8-9H2,1-3H3/p+1. The Morgan fingerprint density at radius 1 is 1.33 bits per heavy atom. The molecule has 0 fully saturated rings. The number of quaternary nitrogens is 1. The van der Waals surface area contributed by atoms with E-state index in [4.69, 9.17) is 0 Å². The highest BCUT2D eigenvalue weighted by molar-refractivity contribution is 6.06. The zero-order chi connectivity index (χ0) is 15.0. The van der Waals surface area contributed by atoms with Crippen LogP contribution in [0.15, 0.2) is 29.3 Å². The first-order chi connectivity index (χ1) is 10.1. The smallest absolute Gasteiger partial charge is 0.277 e. The number of H-pyrrole nitrogens is 1. The first-order valence-corrected chi connectivity index (χ1v) is 7.33. The number of nitrogens with one attached hydrogen (secondary N) is 2. The van der Waals surface area contributed by atoms with E-state index in [0.29, 0.717) is 12.1 Å².